The Bertz CT molecular complexity index is 594. The quantitative estimate of drug-likeness (QED) is 0.777. The topological polar surface area (TPSA) is 21.3 Å². The molecule has 0 radical (unpaired) electrons. The Morgan fingerprint density at radius 1 is 1.00 bits per heavy atom. The Hall–Kier alpha value is -1.32. The lowest BCUT2D eigenvalue weighted by atomic mass is 10.2. The average Bonchev–Trinajstić information content (AvgIpc) is 3.07. The SMILES string of the molecule is Brc1ccc(CNC2CCCC2)cc1OCc1ccccc1. The molecular formula is C19H22BrNO. The van der Waals surface area contributed by atoms with E-state index >= 15 is 0 Å². The van der Waals surface area contributed by atoms with Crippen LogP contribution in [0, 0.1) is 0 Å². The molecule has 0 unspecified atom stereocenters. The summed E-state index contributed by atoms with van der Waals surface area (Å²) < 4.78 is 6.97. The molecule has 0 saturated heterocycles. The van der Waals surface area contributed by atoms with E-state index in [1.165, 1.54) is 36.8 Å². The Morgan fingerprint density at radius 3 is 2.55 bits per heavy atom. The molecule has 3 heteroatoms. The molecule has 1 saturated carbocycles. The molecule has 116 valence electrons. The second-order valence-electron chi connectivity index (χ2n) is 5.90. The molecule has 0 heterocycles. The van der Waals surface area contributed by atoms with Crippen LogP contribution in [-0.2, 0) is 13.2 Å². The van der Waals surface area contributed by atoms with Gasteiger partial charge in [-0.25, -0.2) is 0 Å². The summed E-state index contributed by atoms with van der Waals surface area (Å²) in [5, 5.41) is 3.65. The van der Waals surface area contributed by atoms with Gasteiger partial charge in [0.05, 0.1) is 4.47 Å². The van der Waals surface area contributed by atoms with Crippen molar-refractivity contribution in [3.05, 3.63) is 64.1 Å². The molecule has 1 N–H and O–H groups in total. The summed E-state index contributed by atoms with van der Waals surface area (Å²) in [6.07, 6.45) is 5.36. The maximum atomic E-state index is 5.96. The van der Waals surface area contributed by atoms with Gasteiger partial charge in [-0.15, -0.1) is 0 Å². The number of benzene rings is 2. The number of hydrogen-bond donors (Lipinski definition) is 1. The molecule has 1 fully saturated rings. The zero-order valence-electron chi connectivity index (χ0n) is 12.7. The lowest BCUT2D eigenvalue weighted by Gasteiger charge is -2.14. The normalized spacial score (nSPS) is 15.1. The summed E-state index contributed by atoms with van der Waals surface area (Å²) in [7, 11) is 0. The number of halogens is 1. The van der Waals surface area contributed by atoms with Crippen LogP contribution < -0.4 is 10.1 Å². The third kappa shape index (κ3) is 4.34. The van der Waals surface area contributed by atoms with Crippen molar-refractivity contribution in [2.24, 2.45) is 0 Å². The summed E-state index contributed by atoms with van der Waals surface area (Å²) in [5.41, 5.74) is 2.46. The summed E-state index contributed by atoms with van der Waals surface area (Å²) in [6, 6.07) is 17.3. The number of rotatable bonds is 6. The second-order valence-corrected chi connectivity index (χ2v) is 6.76. The molecule has 22 heavy (non-hydrogen) atoms. The summed E-state index contributed by atoms with van der Waals surface area (Å²) >= 11 is 3.58. The van der Waals surface area contributed by atoms with Crippen LogP contribution >= 0.6 is 15.9 Å². The molecule has 0 aromatic heterocycles. The van der Waals surface area contributed by atoms with Gasteiger partial charge < -0.3 is 10.1 Å². The minimum Gasteiger partial charge on any atom is -0.488 e. The standard InChI is InChI=1S/C19H22BrNO/c20-18-11-10-16(13-21-17-8-4-5-9-17)12-19(18)22-14-15-6-2-1-3-7-15/h1-3,6-7,10-12,17,21H,4-5,8-9,13-14H2. The molecule has 1 aliphatic rings. The first-order chi connectivity index (χ1) is 10.8. The van der Waals surface area contributed by atoms with E-state index in [2.05, 4.69) is 51.6 Å². The van der Waals surface area contributed by atoms with Crippen molar-refractivity contribution in [1.29, 1.82) is 0 Å². The minimum absolute atomic E-state index is 0.596. The van der Waals surface area contributed by atoms with Crippen molar-refractivity contribution in [3.8, 4) is 5.75 Å². The first-order valence-corrected chi connectivity index (χ1v) is 8.79. The van der Waals surface area contributed by atoms with Gasteiger partial charge in [0.25, 0.3) is 0 Å². The predicted octanol–water partition coefficient (Wildman–Crippen LogP) is 5.06. The largest absolute Gasteiger partial charge is 0.488 e. The summed E-state index contributed by atoms with van der Waals surface area (Å²) in [5.74, 6) is 0.912. The highest BCUT2D eigenvalue weighted by Crippen LogP contribution is 2.27. The van der Waals surface area contributed by atoms with E-state index in [1.807, 2.05) is 18.2 Å². The molecule has 0 atom stereocenters. The van der Waals surface area contributed by atoms with E-state index in [-0.39, 0.29) is 0 Å². The molecule has 1 aliphatic carbocycles. The van der Waals surface area contributed by atoms with E-state index in [1.54, 1.807) is 0 Å². The maximum Gasteiger partial charge on any atom is 0.134 e. The van der Waals surface area contributed by atoms with Crippen molar-refractivity contribution in [2.45, 2.75) is 44.9 Å². The predicted molar refractivity (Wildman–Crippen MR) is 94.0 cm³/mol. The van der Waals surface area contributed by atoms with Gasteiger partial charge in [-0.3, -0.25) is 0 Å². The van der Waals surface area contributed by atoms with Gasteiger partial charge >= 0.3 is 0 Å². The average molecular weight is 360 g/mol. The van der Waals surface area contributed by atoms with E-state index in [9.17, 15) is 0 Å². The van der Waals surface area contributed by atoms with Crippen LogP contribution in [0.2, 0.25) is 0 Å². The minimum atomic E-state index is 0.596. The van der Waals surface area contributed by atoms with Crippen LogP contribution in [-0.4, -0.2) is 6.04 Å². The van der Waals surface area contributed by atoms with Crippen LogP contribution in [0.25, 0.3) is 0 Å². The lowest BCUT2D eigenvalue weighted by molar-refractivity contribution is 0.304. The summed E-state index contributed by atoms with van der Waals surface area (Å²) in [4.78, 5) is 0. The zero-order valence-corrected chi connectivity index (χ0v) is 14.3. The molecule has 0 spiro atoms. The van der Waals surface area contributed by atoms with Gasteiger partial charge in [0.15, 0.2) is 0 Å². The van der Waals surface area contributed by atoms with Gasteiger partial charge in [-0.2, -0.15) is 0 Å². The zero-order chi connectivity index (χ0) is 15.2. The fourth-order valence-electron chi connectivity index (χ4n) is 2.90. The third-order valence-electron chi connectivity index (χ3n) is 4.18. The van der Waals surface area contributed by atoms with Gasteiger partial charge in [0, 0.05) is 12.6 Å². The highest BCUT2D eigenvalue weighted by molar-refractivity contribution is 9.10. The number of hydrogen-bond acceptors (Lipinski definition) is 2. The molecule has 2 nitrogen and oxygen atoms in total. The summed E-state index contributed by atoms with van der Waals surface area (Å²) in [6.45, 7) is 1.51. The fourth-order valence-corrected chi connectivity index (χ4v) is 3.26. The van der Waals surface area contributed by atoms with Crippen LogP contribution in [0.3, 0.4) is 0 Å². The highest BCUT2D eigenvalue weighted by Gasteiger charge is 2.14. The monoisotopic (exact) mass is 359 g/mol. The van der Waals surface area contributed by atoms with Crippen LogP contribution in [0.4, 0.5) is 0 Å². The molecule has 2 aromatic carbocycles. The molecule has 0 aliphatic heterocycles. The Balaban J connectivity index is 1.59. The van der Waals surface area contributed by atoms with E-state index < -0.39 is 0 Å². The number of ether oxygens (including phenoxy) is 1. The molecule has 0 amide bonds. The first kappa shape index (κ1) is 15.6. The van der Waals surface area contributed by atoms with Crippen LogP contribution in [0.1, 0.15) is 36.8 Å². The van der Waals surface area contributed by atoms with Gasteiger partial charge in [0.1, 0.15) is 12.4 Å². The van der Waals surface area contributed by atoms with Gasteiger partial charge in [-0.1, -0.05) is 49.2 Å². The third-order valence-corrected chi connectivity index (χ3v) is 4.84. The first-order valence-electron chi connectivity index (χ1n) is 8.00. The van der Waals surface area contributed by atoms with E-state index in [0.29, 0.717) is 12.6 Å². The van der Waals surface area contributed by atoms with E-state index in [0.717, 1.165) is 16.8 Å². The van der Waals surface area contributed by atoms with Crippen molar-refractivity contribution in [1.82, 2.24) is 5.32 Å². The van der Waals surface area contributed by atoms with Crippen LogP contribution in [0.5, 0.6) is 5.75 Å². The molecule has 3 rings (SSSR count). The van der Waals surface area contributed by atoms with Crippen molar-refractivity contribution in [2.75, 3.05) is 0 Å². The van der Waals surface area contributed by atoms with Crippen LogP contribution in [0.15, 0.2) is 53.0 Å². The molecule has 2 aromatic rings. The molecule has 0 bridgehead atoms. The Labute approximate surface area is 141 Å². The Kier molecular flexibility index (Phi) is 5.52. The smallest absolute Gasteiger partial charge is 0.134 e. The Morgan fingerprint density at radius 2 is 1.77 bits per heavy atom. The second kappa shape index (κ2) is 7.80. The fraction of sp³-hybridized carbons (Fsp3) is 0.368. The van der Waals surface area contributed by atoms with E-state index in [4.69, 9.17) is 4.74 Å². The van der Waals surface area contributed by atoms with Crippen molar-refractivity contribution >= 4 is 15.9 Å². The van der Waals surface area contributed by atoms with Gasteiger partial charge in [-0.05, 0) is 52.0 Å². The van der Waals surface area contributed by atoms with Gasteiger partial charge in [0.2, 0.25) is 0 Å². The number of nitrogens with one attached hydrogen (secondary N) is 1. The maximum absolute atomic E-state index is 5.96. The van der Waals surface area contributed by atoms with Crippen molar-refractivity contribution < 1.29 is 4.74 Å². The highest BCUT2D eigenvalue weighted by atomic mass is 79.9. The lowest BCUT2D eigenvalue weighted by Crippen LogP contribution is -2.25. The van der Waals surface area contributed by atoms with Crippen molar-refractivity contribution in [3.63, 3.8) is 0 Å². The molecular weight excluding hydrogens is 338 g/mol.